The van der Waals surface area contributed by atoms with Crippen LogP contribution in [0.4, 0.5) is 16.2 Å². The minimum Gasteiger partial charge on any atom is -0.444 e. The van der Waals surface area contributed by atoms with Crippen LogP contribution in [0.25, 0.3) is 5.65 Å². The lowest BCUT2D eigenvalue weighted by molar-refractivity contribution is -0.117. The highest BCUT2D eigenvalue weighted by Gasteiger charge is 2.25. The number of anilines is 2. The molecule has 1 aliphatic rings. The zero-order valence-corrected chi connectivity index (χ0v) is 15.3. The number of hydrogen-bond acceptors (Lipinski definition) is 4. The second-order valence-electron chi connectivity index (χ2n) is 7.36. The molecule has 1 fully saturated rings. The van der Waals surface area contributed by atoms with Crippen LogP contribution in [0, 0.1) is 13.8 Å². The van der Waals surface area contributed by atoms with Crippen LogP contribution in [0.5, 0.6) is 0 Å². The van der Waals surface area contributed by atoms with Gasteiger partial charge in [-0.1, -0.05) is 0 Å². The molecule has 0 saturated carbocycles. The Morgan fingerprint density at radius 1 is 1.32 bits per heavy atom. The van der Waals surface area contributed by atoms with Crippen molar-refractivity contribution in [1.82, 2.24) is 9.38 Å². The monoisotopic (exact) mass is 344 g/mol. The molecule has 2 aromatic rings. The summed E-state index contributed by atoms with van der Waals surface area (Å²) in [6.45, 7) is 9.99. The van der Waals surface area contributed by atoms with Gasteiger partial charge < -0.3 is 14.0 Å². The van der Waals surface area contributed by atoms with Crippen LogP contribution in [-0.4, -0.2) is 33.5 Å². The Bertz CT molecular complexity index is 848. The highest BCUT2D eigenvalue weighted by Crippen LogP contribution is 2.29. The van der Waals surface area contributed by atoms with E-state index in [1.807, 2.05) is 45.2 Å². The molecule has 0 atom stereocenters. The summed E-state index contributed by atoms with van der Waals surface area (Å²) in [5, 5.41) is 2.78. The van der Waals surface area contributed by atoms with Crippen LogP contribution in [0.15, 0.2) is 12.3 Å². The maximum absolute atomic E-state index is 12.2. The standard InChI is InChI=1S/C18H24N4O3/c1-11-12(2)22-10-13(21-8-6-7-15(21)23)9-14(16(22)19-11)20-17(24)25-18(3,4)5/h9-10H,6-8H2,1-5H3,(H,20,24). The predicted molar refractivity (Wildman–Crippen MR) is 96.1 cm³/mol. The summed E-state index contributed by atoms with van der Waals surface area (Å²) in [4.78, 5) is 30.6. The first-order valence-electron chi connectivity index (χ1n) is 8.45. The summed E-state index contributed by atoms with van der Waals surface area (Å²) >= 11 is 0. The molecule has 25 heavy (non-hydrogen) atoms. The number of pyridine rings is 1. The molecule has 0 radical (unpaired) electrons. The Labute approximate surface area is 147 Å². The van der Waals surface area contributed by atoms with Gasteiger partial charge in [0.25, 0.3) is 0 Å². The molecule has 3 heterocycles. The van der Waals surface area contributed by atoms with Crippen molar-refractivity contribution in [3.8, 4) is 0 Å². The molecule has 0 aromatic carbocycles. The third kappa shape index (κ3) is 3.45. The van der Waals surface area contributed by atoms with Crippen molar-refractivity contribution < 1.29 is 14.3 Å². The summed E-state index contributed by atoms with van der Waals surface area (Å²) in [6, 6.07) is 1.79. The van der Waals surface area contributed by atoms with Gasteiger partial charge in [-0.05, 0) is 47.1 Å². The number of ether oxygens (including phenoxy) is 1. The number of rotatable bonds is 2. The number of carbonyl (C=O) groups excluding carboxylic acids is 2. The number of hydrogen-bond donors (Lipinski definition) is 1. The van der Waals surface area contributed by atoms with Gasteiger partial charge in [0.1, 0.15) is 5.60 Å². The molecule has 0 spiro atoms. The first kappa shape index (κ1) is 17.3. The van der Waals surface area contributed by atoms with Crippen LogP contribution < -0.4 is 10.2 Å². The molecule has 2 amide bonds. The van der Waals surface area contributed by atoms with Crippen LogP contribution in [0.3, 0.4) is 0 Å². The second kappa shape index (κ2) is 6.06. The summed E-state index contributed by atoms with van der Waals surface area (Å²) in [5.74, 6) is 0.0945. The minimum atomic E-state index is -0.593. The van der Waals surface area contributed by atoms with E-state index in [2.05, 4.69) is 10.3 Å². The van der Waals surface area contributed by atoms with Gasteiger partial charge in [-0.3, -0.25) is 10.1 Å². The highest BCUT2D eigenvalue weighted by molar-refractivity contribution is 5.97. The largest absolute Gasteiger partial charge is 0.444 e. The molecule has 1 saturated heterocycles. The Morgan fingerprint density at radius 2 is 2.04 bits per heavy atom. The number of aryl methyl sites for hydroxylation is 2. The molecule has 2 aromatic heterocycles. The fourth-order valence-corrected chi connectivity index (χ4v) is 2.93. The van der Waals surface area contributed by atoms with E-state index < -0.39 is 11.7 Å². The maximum Gasteiger partial charge on any atom is 0.412 e. The average molecular weight is 344 g/mol. The Morgan fingerprint density at radius 3 is 2.64 bits per heavy atom. The fourth-order valence-electron chi connectivity index (χ4n) is 2.93. The molecule has 7 heteroatoms. The lowest BCUT2D eigenvalue weighted by Gasteiger charge is -2.21. The quantitative estimate of drug-likeness (QED) is 0.905. The van der Waals surface area contributed by atoms with E-state index in [-0.39, 0.29) is 5.91 Å². The van der Waals surface area contributed by atoms with E-state index in [0.717, 1.165) is 23.5 Å². The summed E-state index contributed by atoms with van der Waals surface area (Å²) in [7, 11) is 0. The molecule has 0 bridgehead atoms. The lowest BCUT2D eigenvalue weighted by atomic mass is 10.2. The van der Waals surface area contributed by atoms with E-state index in [4.69, 9.17) is 4.74 Å². The molecule has 134 valence electrons. The summed E-state index contributed by atoms with van der Waals surface area (Å²) in [5.41, 5.74) is 3.16. The van der Waals surface area contributed by atoms with E-state index in [0.29, 0.717) is 24.3 Å². The number of aromatic nitrogens is 2. The van der Waals surface area contributed by atoms with Gasteiger partial charge in [0.05, 0.1) is 17.1 Å². The van der Waals surface area contributed by atoms with Crippen molar-refractivity contribution in [2.45, 2.75) is 53.1 Å². The molecule has 1 aliphatic heterocycles. The van der Waals surface area contributed by atoms with E-state index >= 15 is 0 Å². The van der Waals surface area contributed by atoms with Gasteiger partial charge in [-0.25, -0.2) is 9.78 Å². The van der Waals surface area contributed by atoms with Gasteiger partial charge in [-0.15, -0.1) is 0 Å². The number of nitrogens with zero attached hydrogens (tertiary/aromatic N) is 3. The Hall–Kier alpha value is -2.57. The maximum atomic E-state index is 12.2. The number of nitrogens with one attached hydrogen (secondary N) is 1. The Kier molecular flexibility index (Phi) is 4.18. The van der Waals surface area contributed by atoms with E-state index in [1.54, 1.807) is 11.0 Å². The van der Waals surface area contributed by atoms with Crippen LogP contribution in [0.2, 0.25) is 0 Å². The minimum absolute atomic E-state index is 0.0945. The normalized spacial score (nSPS) is 15.1. The molecule has 3 rings (SSSR count). The van der Waals surface area contributed by atoms with Crippen molar-refractivity contribution in [1.29, 1.82) is 0 Å². The molecular weight excluding hydrogens is 320 g/mol. The fraction of sp³-hybridized carbons (Fsp3) is 0.500. The third-order valence-electron chi connectivity index (χ3n) is 4.20. The van der Waals surface area contributed by atoms with Crippen molar-refractivity contribution in [3.05, 3.63) is 23.7 Å². The van der Waals surface area contributed by atoms with Crippen LogP contribution >= 0.6 is 0 Å². The lowest BCUT2D eigenvalue weighted by Crippen LogP contribution is -2.28. The van der Waals surface area contributed by atoms with E-state index in [9.17, 15) is 9.59 Å². The second-order valence-corrected chi connectivity index (χ2v) is 7.36. The number of amides is 2. The SMILES string of the molecule is Cc1nc2c(NC(=O)OC(C)(C)C)cc(N3CCCC3=O)cn2c1C. The molecule has 0 aliphatic carbocycles. The van der Waals surface area contributed by atoms with Gasteiger partial charge in [0, 0.05) is 24.9 Å². The Balaban J connectivity index is 2.04. The third-order valence-corrected chi connectivity index (χ3v) is 4.20. The summed E-state index contributed by atoms with van der Waals surface area (Å²) < 4.78 is 7.25. The summed E-state index contributed by atoms with van der Waals surface area (Å²) in [6.07, 6.45) is 2.74. The van der Waals surface area contributed by atoms with E-state index in [1.165, 1.54) is 0 Å². The molecule has 7 nitrogen and oxygen atoms in total. The molecule has 0 unspecified atom stereocenters. The topological polar surface area (TPSA) is 75.9 Å². The van der Waals surface area contributed by atoms with Crippen molar-refractivity contribution in [2.24, 2.45) is 0 Å². The van der Waals surface area contributed by atoms with Crippen molar-refractivity contribution in [3.63, 3.8) is 0 Å². The predicted octanol–water partition coefficient (Wildman–Crippen LogP) is 3.42. The zero-order valence-electron chi connectivity index (χ0n) is 15.3. The molecular formula is C18H24N4O3. The van der Waals surface area contributed by atoms with Gasteiger partial charge in [0.2, 0.25) is 5.91 Å². The van der Waals surface area contributed by atoms with Crippen molar-refractivity contribution in [2.75, 3.05) is 16.8 Å². The van der Waals surface area contributed by atoms with Gasteiger partial charge in [0.15, 0.2) is 5.65 Å². The first-order valence-corrected chi connectivity index (χ1v) is 8.45. The number of fused-ring (bicyclic) bond motifs is 1. The smallest absolute Gasteiger partial charge is 0.412 e. The first-order chi connectivity index (χ1) is 11.7. The number of carbonyl (C=O) groups is 2. The number of imidazole rings is 1. The van der Waals surface area contributed by atoms with Crippen LogP contribution in [-0.2, 0) is 9.53 Å². The van der Waals surface area contributed by atoms with Crippen molar-refractivity contribution >= 4 is 29.0 Å². The average Bonchev–Trinajstić information content (AvgIpc) is 3.02. The highest BCUT2D eigenvalue weighted by atomic mass is 16.6. The molecule has 1 N–H and O–H groups in total. The van der Waals surface area contributed by atoms with Gasteiger partial charge in [-0.2, -0.15) is 0 Å². The van der Waals surface area contributed by atoms with Crippen LogP contribution in [0.1, 0.15) is 45.0 Å². The van der Waals surface area contributed by atoms with Gasteiger partial charge >= 0.3 is 6.09 Å². The zero-order chi connectivity index (χ0) is 18.4.